The van der Waals surface area contributed by atoms with Gasteiger partial charge in [0.05, 0.1) is 17.1 Å². The predicted molar refractivity (Wildman–Crippen MR) is 83.9 cm³/mol. The number of fused-ring (bicyclic) bond motifs is 1. The number of aliphatic imine (C=N–C) groups is 1. The zero-order valence-electron chi connectivity index (χ0n) is 12.2. The number of benzene rings is 1. The fraction of sp³-hybridized carbons (Fsp3) is 0.333. The van der Waals surface area contributed by atoms with E-state index in [1.165, 1.54) is 29.5 Å². The smallest absolute Gasteiger partial charge is 0.0876 e. The van der Waals surface area contributed by atoms with Gasteiger partial charge < -0.3 is 0 Å². The van der Waals surface area contributed by atoms with Crippen LogP contribution in [-0.2, 0) is 6.42 Å². The topological polar surface area (TPSA) is 25.2 Å². The molecule has 0 spiro atoms. The Balaban J connectivity index is 2.12. The first-order valence-electron chi connectivity index (χ1n) is 7.34. The zero-order valence-corrected chi connectivity index (χ0v) is 12.2. The van der Waals surface area contributed by atoms with Gasteiger partial charge >= 0.3 is 0 Å². The third kappa shape index (κ3) is 2.51. The van der Waals surface area contributed by atoms with Crippen LogP contribution in [0.15, 0.2) is 41.5 Å². The summed E-state index contributed by atoms with van der Waals surface area (Å²) in [6, 6.07) is 10.6. The molecule has 1 aliphatic carbocycles. The van der Waals surface area contributed by atoms with Crippen molar-refractivity contribution in [2.75, 3.05) is 0 Å². The Morgan fingerprint density at radius 3 is 2.50 bits per heavy atom. The summed E-state index contributed by atoms with van der Waals surface area (Å²) in [7, 11) is 0. The van der Waals surface area contributed by atoms with Gasteiger partial charge in [0.15, 0.2) is 0 Å². The SMILES string of the molecule is Cc1cccc(C)c1N=C1CCCCc2cccnc21. The van der Waals surface area contributed by atoms with E-state index in [1.807, 2.05) is 12.3 Å². The monoisotopic (exact) mass is 264 g/mol. The Bertz CT molecular complexity index is 636. The second kappa shape index (κ2) is 5.58. The van der Waals surface area contributed by atoms with Crippen molar-refractivity contribution in [3.8, 4) is 0 Å². The van der Waals surface area contributed by atoms with Gasteiger partial charge in [0, 0.05) is 6.20 Å². The number of para-hydroxylation sites is 1. The lowest BCUT2D eigenvalue weighted by atomic mass is 10.1. The summed E-state index contributed by atoms with van der Waals surface area (Å²) in [6.07, 6.45) is 6.45. The number of hydrogen-bond donors (Lipinski definition) is 0. The predicted octanol–water partition coefficient (Wildman–Crippen LogP) is 4.55. The number of aryl methyl sites for hydroxylation is 3. The quantitative estimate of drug-likeness (QED) is 0.694. The lowest BCUT2D eigenvalue weighted by molar-refractivity contribution is 0.775. The summed E-state index contributed by atoms with van der Waals surface area (Å²) in [4.78, 5) is 9.56. The van der Waals surface area contributed by atoms with Gasteiger partial charge in [0.25, 0.3) is 0 Å². The first-order valence-corrected chi connectivity index (χ1v) is 7.34. The van der Waals surface area contributed by atoms with Gasteiger partial charge in [-0.3, -0.25) is 9.98 Å². The number of hydrogen-bond acceptors (Lipinski definition) is 2. The first-order chi connectivity index (χ1) is 9.75. The molecule has 0 amide bonds. The molecule has 102 valence electrons. The van der Waals surface area contributed by atoms with Crippen LogP contribution in [0.3, 0.4) is 0 Å². The molecule has 1 aromatic heterocycles. The van der Waals surface area contributed by atoms with E-state index < -0.39 is 0 Å². The first kappa shape index (κ1) is 13.0. The molecular weight excluding hydrogens is 244 g/mol. The van der Waals surface area contributed by atoms with Crippen LogP contribution in [0.2, 0.25) is 0 Å². The average molecular weight is 264 g/mol. The average Bonchev–Trinajstić information content (AvgIpc) is 2.66. The van der Waals surface area contributed by atoms with Gasteiger partial charge in [-0.25, -0.2) is 0 Å². The summed E-state index contributed by atoms with van der Waals surface area (Å²) in [6.45, 7) is 4.25. The minimum absolute atomic E-state index is 1.03. The maximum Gasteiger partial charge on any atom is 0.0876 e. The van der Waals surface area contributed by atoms with Gasteiger partial charge in [-0.15, -0.1) is 0 Å². The lowest BCUT2D eigenvalue weighted by Crippen LogP contribution is -2.05. The molecule has 1 heterocycles. The standard InChI is InChI=1S/C18H20N2/c1-13-7-5-8-14(2)17(13)20-16-11-4-3-9-15-10-6-12-19-18(15)16/h5-8,10,12H,3-4,9,11H2,1-2H3. The van der Waals surface area contributed by atoms with Crippen LogP contribution in [-0.4, -0.2) is 10.7 Å². The van der Waals surface area contributed by atoms with E-state index in [2.05, 4.69) is 43.1 Å². The number of aromatic nitrogens is 1. The van der Waals surface area contributed by atoms with Gasteiger partial charge in [-0.1, -0.05) is 24.3 Å². The van der Waals surface area contributed by atoms with Crippen LogP contribution in [0.1, 0.15) is 41.6 Å². The Kier molecular flexibility index (Phi) is 3.64. The molecule has 0 fully saturated rings. The maximum atomic E-state index is 4.97. The Morgan fingerprint density at radius 1 is 0.950 bits per heavy atom. The molecule has 0 atom stereocenters. The molecular formula is C18H20N2. The van der Waals surface area contributed by atoms with Gasteiger partial charge in [0.1, 0.15) is 0 Å². The summed E-state index contributed by atoms with van der Waals surface area (Å²) < 4.78 is 0. The second-order valence-electron chi connectivity index (χ2n) is 5.52. The van der Waals surface area contributed by atoms with E-state index in [0.717, 1.165) is 29.9 Å². The van der Waals surface area contributed by atoms with Gasteiger partial charge in [-0.05, 0) is 62.3 Å². The zero-order chi connectivity index (χ0) is 13.9. The molecule has 20 heavy (non-hydrogen) atoms. The third-order valence-corrected chi connectivity index (χ3v) is 3.96. The second-order valence-corrected chi connectivity index (χ2v) is 5.52. The molecule has 1 aliphatic rings. The minimum atomic E-state index is 1.03. The van der Waals surface area contributed by atoms with Crippen molar-refractivity contribution >= 4 is 11.4 Å². The van der Waals surface area contributed by atoms with Crippen LogP contribution in [0.4, 0.5) is 5.69 Å². The van der Waals surface area contributed by atoms with Crippen molar-refractivity contribution in [3.05, 3.63) is 58.9 Å². The van der Waals surface area contributed by atoms with E-state index >= 15 is 0 Å². The Morgan fingerprint density at radius 2 is 1.70 bits per heavy atom. The van der Waals surface area contributed by atoms with Crippen LogP contribution in [0.5, 0.6) is 0 Å². The van der Waals surface area contributed by atoms with E-state index in [-0.39, 0.29) is 0 Å². The fourth-order valence-electron chi connectivity index (χ4n) is 2.85. The molecule has 0 saturated heterocycles. The third-order valence-electron chi connectivity index (χ3n) is 3.96. The van der Waals surface area contributed by atoms with Crippen LogP contribution < -0.4 is 0 Å². The van der Waals surface area contributed by atoms with Crippen molar-refractivity contribution in [2.45, 2.75) is 39.5 Å². The largest absolute Gasteiger partial charge is 0.255 e. The van der Waals surface area contributed by atoms with Crippen LogP contribution >= 0.6 is 0 Å². The Labute approximate surface area is 120 Å². The minimum Gasteiger partial charge on any atom is -0.255 e. The maximum absolute atomic E-state index is 4.97. The molecule has 0 radical (unpaired) electrons. The lowest BCUT2D eigenvalue weighted by Gasteiger charge is -2.09. The summed E-state index contributed by atoms with van der Waals surface area (Å²) >= 11 is 0. The van der Waals surface area contributed by atoms with Gasteiger partial charge in [-0.2, -0.15) is 0 Å². The number of nitrogens with zero attached hydrogens (tertiary/aromatic N) is 2. The highest BCUT2D eigenvalue weighted by Gasteiger charge is 2.15. The molecule has 0 saturated carbocycles. The summed E-state index contributed by atoms with van der Waals surface area (Å²) in [5, 5.41) is 0. The molecule has 0 unspecified atom stereocenters. The normalized spacial score (nSPS) is 16.8. The molecule has 2 nitrogen and oxygen atoms in total. The van der Waals surface area contributed by atoms with Crippen molar-refractivity contribution in [3.63, 3.8) is 0 Å². The Hall–Kier alpha value is -1.96. The van der Waals surface area contributed by atoms with E-state index in [9.17, 15) is 0 Å². The van der Waals surface area contributed by atoms with E-state index in [1.54, 1.807) is 0 Å². The molecule has 3 rings (SSSR count). The molecule has 1 aromatic carbocycles. The van der Waals surface area contributed by atoms with E-state index in [0.29, 0.717) is 0 Å². The van der Waals surface area contributed by atoms with Crippen LogP contribution in [0.25, 0.3) is 0 Å². The highest BCUT2D eigenvalue weighted by molar-refractivity contribution is 6.02. The summed E-state index contributed by atoms with van der Waals surface area (Å²) in [5.41, 5.74) is 7.18. The van der Waals surface area contributed by atoms with Gasteiger partial charge in [0.2, 0.25) is 0 Å². The van der Waals surface area contributed by atoms with Crippen molar-refractivity contribution in [2.24, 2.45) is 4.99 Å². The van der Waals surface area contributed by atoms with Crippen molar-refractivity contribution in [1.29, 1.82) is 0 Å². The highest BCUT2D eigenvalue weighted by Crippen LogP contribution is 2.27. The molecule has 2 aromatic rings. The highest BCUT2D eigenvalue weighted by atomic mass is 14.8. The van der Waals surface area contributed by atoms with E-state index in [4.69, 9.17) is 4.99 Å². The molecule has 2 heteroatoms. The van der Waals surface area contributed by atoms with Crippen LogP contribution in [0, 0.1) is 13.8 Å². The molecule has 0 aliphatic heterocycles. The van der Waals surface area contributed by atoms with Crippen molar-refractivity contribution in [1.82, 2.24) is 4.98 Å². The summed E-state index contributed by atoms with van der Waals surface area (Å²) in [5.74, 6) is 0. The van der Waals surface area contributed by atoms with Crippen molar-refractivity contribution < 1.29 is 0 Å². The molecule has 0 bridgehead atoms. The number of rotatable bonds is 1. The fourth-order valence-corrected chi connectivity index (χ4v) is 2.85. The number of pyridine rings is 1. The molecule has 0 N–H and O–H groups in total.